The van der Waals surface area contributed by atoms with Gasteiger partial charge in [-0.25, -0.2) is 4.79 Å². The number of carbonyl (C=O) groups is 2. The van der Waals surface area contributed by atoms with E-state index >= 15 is 0 Å². The Morgan fingerprint density at radius 1 is 1.50 bits per heavy atom. The molecule has 0 aromatic carbocycles. The van der Waals surface area contributed by atoms with Crippen LogP contribution in [0.3, 0.4) is 0 Å². The standard InChI is InChI=1S/C10H12BrNO3S/c1-10(2,9(14)15)12(3)8(13)6-4-7(11)16-5-6/h4-5H,1-3H3,(H,14,15). The highest BCUT2D eigenvalue weighted by molar-refractivity contribution is 9.11. The summed E-state index contributed by atoms with van der Waals surface area (Å²) in [5.41, 5.74) is -0.723. The van der Waals surface area contributed by atoms with Crippen LogP contribution in [0.2, 0.25) is 0 Å². The molecule has 4 nitrogen and oxygen atoms in total. The van der Waals surface area contributed by atoms with Gasteiger partial charge >= 0.3 is 5.97 Å². The highest BCUT2D eigenvalue weighted by Gasteiger charge is 2.35. The van der Waals surface area contributed by atoms with E-state index < -0.39 is 11.5 Å². The molecular weight excluding hydrogens is 294 g/mol. The lowest BCUT2D eigenvalue weighted by atomic mass is 10.0. The number of carboxylic acid groups (broad SMARTS) is 1. The van der Waals surface area contributed by atoms with Crippen LogP contribution in [-0.2, 0) is 4.79 Å². The number of carbonyl (C=O) groups excluding carboxylic acids is 1. The quantitative estimate of drug-likeness (QED) is 0.933. The van der Waals surface area contributed by atoms with Gasteiger partial charge < -0.3 is 10.0 Å². The molecule has 1 amide bonds. The van der Waals surface area contributed by atoms with Crippen LogP contribution < -0.4 is 0 Å². The van der Waals surface area contributed by atoms with Crippen molar-refractivity contribution in [2.24, 2.45) is 0 Å². The number of hydrogen-bond donors (Lipinski definition) is 1. The van der Waals surface area contributed by atoms with Crippen LogP contribution in [0.25, 0.3) is 0 Å². The summed E-state index contributed by atoms with van der Waals surface area (Å²) in [6, 6.07) is 1.68. The molecule has 1 heterocycles. The molecule has 0 aliphatic heterocycles. The molecule has 0 radical (unpaired) electrons. The second-order valence-corrected chi connectivity index (χ2v) is 6.16. The Morgan fingerprint density at radius 3 is 2.44 bits per heavy atom. The van der Waals surface area contributed by atoms with Gasteiger partial charge in [-0.1, -0.05) is 0 Å². The molecule has 1 aromatic rings. The van der Waals surface area contributed by atoms with Gasteiger partial charge in [-0.3, -0.25) is 4.79 Å². The summed E-state index contributed by atoms with van der Waals surface area (Å²) < 4.78 is 0.845. The van der Waals surface area contributed by atoms with Gasteiger partial charge in [0, 0.05) is 12.4 Å². The summed E-state index contributed by atoms with van der Waals surface area (Å²) in [7, 11) is 1.49. The topological polar surface area (TPSA) is 57.6 Å². The van der Waals surface area contributed by atoms with Crippen LogP contribution in [0.4, 0.5) is 0 Å². The zero-order valence-corrected chi connectivity index (χ0v) is 11.6. The Labute approximate surface area is 106 Å². The van der Waals surface area contributed by atoms with Gasteiger partial charge in [-0.2, -0.15) is 0 Å². The van der Waals surface area contributed by atoms with Gasteiger partial charge in [-0.15, -0.1) is 11.3 Å². The monoisotopic (exact) mass is 305 g/mol. The molecule has 0 fully saturated rings. The molecule has 0 aliphatic rings. The lowest BCUT2D eigenvalue weighted by molar-refractivity contribution is -0.147. The minimum atomic E-state index is -1.22. The maximum atomic E-state index is 12.0. The van der Waals surface area contributed by atoms with Crippen molar-refractivity contribution in [3.63, 3.8) is 0 Å². The predicted octanol–water partition coefficient (Wildman–Crippen LogP) is 2.45. The fourth-order valence-corrected chi connectivity index (χ4v) is 2.14. The maximum absolute atomic E-state index is 12.0. The fraction of sp³-hybridized carbons (Fsp3) is 0.400. The molecule has 0 spiro atoms. The number of aliphatic carboxylic acids is 1. The Bertz CT molecular complexity index is 427. The van der Waals surface area contributed by atoms with Crippen molar-refractivity contribution in [1.82, 2.24) is 4.90 Å². The number of halogens is 1. The molecule has 0 atom stereocenters. The summed E-state index contributed by atoms with van der Waals surface area (Å²) in [5.74, 6) is -1.33. The van der Waals surface area contributed by atoms with Crippen LogP contribution >= 0.6 is 27.3 Å². The SMILES string of the molecule is CN(C(=O)c1csc(Br)c1)C(C)(C)C(=O)O. The van der Waals surface area contributed by atoms with Gasteiger partial charge in [0.25, 0.3) is 5.91 Å². The van der Waals surface area contributed by atoms with E-state index in [0.717, 1.165) is 3.79 Å². The molecule has 0 aliphatic carbocycles. The lowest BCUT2D eigenvalue weighted by Crippen LogP contribution is -2.50. The first-order chi connectivity index (χ1) is 7.26. The van der Waals surface area contributed by atoms with E-state index in [1.165, 1.54) is 37.1 Å². The Balaban J connectivity index is 2.95. The molecule has 1 N–H and O–H groups in total. The number of hydrogen-bond acceptors (Lipinski definition) is 3. The first kappa shape index (κ1) is 13.2. The van der Waals surface area contributed by atoms with Crippen LogP contribution in [0.1, 0.15) is 24.2 Å². The summed E-state index contributed by atoms with van der Waals surface area (Å²) in [6.07, 6.45) is 0. The Hall–Kier alpha value is -0.880. The van der Waals surface area contributed by atoms with Crippen LogP contribution in [0.5, 0.6) is 0 Å². The smallest absolute Gasteiger partial charge is 0.329 e. The first-order valence-corrected chi connectivity index (χ1v) is 6.19. The molecule has 0 bridgehead atoms. The van der Waals surface area contributed by atoms with E-state index in [2.05, 4.69) is 15.9 Å². The van der Waals surface area contributed by atoms with Crippen LogP contribution in [0.15, 0.2) is 15.2 Å². The molecule has 0 saturated carbocycles. The van der Waals surface area contributed by atoms with Crippen molar-refractivity contribution in [2.45, 2.75) is 19.4 Å². The third kappa shape index (κ3) is 2.44. The van der Waals surface area contributed by atoms with Crippen molar-refractivity contribution >= 4 is 39.1 Å². The summed E-state index contributed by atoms with van der Waals surface area (Å²) in [5, 5.41) is 10.7. The second-order valence-electron chi connectivity index (χ2n) is 3.87. The van der Waals surface area contributed by atoms with E-state index in [9.17, 15) is 9.59 Å². The number of likely N-dealkylation sites (N-methyl/N-ethyl adjacent to an activating group) is 1. The second kappa shape index (κ2) is 4.55. The number of amides is 1. The van der Waals surface area contributed by atoms with E-state index in [-0.39, 0.29) is 5.91 Å². The third-order valence-electron chi connectivity index (χ3n) is 2.48. The molecule has 88 valence electrons. The largest absolute Gasteiger partial charge is 0.480 e. The normalized spacial score (nSPS) is 11.2. The lowest BCUT2D eigenvalue weighted by Gasteiger charge is -2.31. The number of carboxylic acids is 1. The van der Waals surface area contributed by atoms with E-state index in [4.69, 9.17) is 5.11 Å². The Kier molecular flexibility index (Phi) is 3.75. The average Bonchev–Trinajstić information content (AvgIpc) is 2.62. The van der Waals surface area contributed by atoms with E-state index in [1.54, 1.807) is 11.4 Å². The first-order valence-electron chi connectivity index (χ1n) is 4.52. The molecule has 1 aromatic heterocycles. The zero-order chi connectivity index (χ0) is 12.5. The van der Waals surface area contributed by atoms with Gasteiger partial charge in [0.1, 0.15) is 5.54 Å². The minimum Gasteiger partial charge on any atom is -0.480 e. The van der Waals surface area contributed by atoms with Crippen LogP contribution in [0, 0.1) is 0 Å². The number of nitrogens with zero attached hydrogens (tertiary/aromatic N) is 1. The highest BCUT2D eigenvalue weighted by Crippen LogP contribution is 2.23. The van der Waals surface area contributed by atoms with Gasteiger partial charge in [0.2, 0.25) is 0 Å². The minimum absolute atomic E-state index is 0.297. The zero-order valence-electron chi connectivity index (χ0n) is 9.15. The van der Waals surface area contributed by atoms with Gasteiger partial charge in [-0.05, 0) is 35.8 Å². The summed E-state index contributed by atoms with van der Waals surface area (Å²) in [6.45, 7) is 2.99. The van der Waals surface area contributed by atoms with Crippen LogP contribution in [-0.4, -0.2) is 34.5 Å². The molecular formula is C10H12BrNO3S. The molecule has 16 heavy (non-hydrogen) atoms. The van der Waals surface area contributed by atoms with Crippen molar-refractivity contribution in [2.75, 3.05) is 7.05 Å². The molecule has 0 saturated heterocycles. The van der Waals surface area contributed by atoms with Crippen molar-refractivity contribution in [3.05, 3.63) is 20.8 Å². The predicted molar refractivity (Wildman–Crippen MR) is 65.8 cm³/mol. The third-order valence-corrected chi connectivity index (χ3v) is 3.99. The maximum Gasteiger partial charge on any atom is 0.329 e. The number of rotatable bonds is 3. The fourth-order valence-electron chi connectivity index (χ4n) is 1.01. The Morgan fingerprint density at radius 2 is 2.06 bits per heavy atom. The average molecular weight is 306 g/mol. The van der Waals surface area contributed by atoms with Crippen molar-refractivity contribution < 1.29 is 14.7 Å². The van der Waals surface area contributed by atoms with Gasteiger partial charge in [0.05, 0.1) is 9.35 Å². The summed E-state index contributed by atoms with van der Waals surface area (Å²) >= 11 is 4.65. The van der Waals surface area contributed by atoms with Gasteiger partial charge in [0.15, 0.2) is 0 Å². The van der Waals surface area contributed by atoms with Crippen molar-refractivity contribution in [1.29, 1.82) is 0 Å². The van der Waals surface area contributed by atoms with E-state index in [1.807, 2.05) is 0 Å². The van der Waals surface area contributed by atoms with Crippen molar-refractivity contribution in [3.8, 4) is 0 Å². The molecule has 0 unspecified atom stereocenters. The number of thiophene rings is 1. The molecule has 1 rings (SSSR count). The molecule has 6 heteroatoms. The van der Waals surface area contributed by atoms with E-state index in [0.29, 0.717) is 5.56 Å². The summed E-state index contributed by atoms with van der Waals surface area (Å²) in [4.78, 5) is 24.2. The highest BCUT2D eigenvalue weighted by atomic mass is 79.9.